The average molecular weight is 247 g/mol. The van der Waals surface area contributed by atoms with Gasteiger partial charge in [0.1, 0.15) is 5.75 Å². The topological polar surface area (TPSA) is 74.2 Å². The molecule has 0 aliphatic heterocycles. The lowest BCUT2D eigenvalue weighted by Crippen LogP contribution is -2.04. The van der Waals surface area contributed by atoms with Gasteiger partial charge < -0.3 is 14.9 Å². The molecular weight excluding hydrogens is 230 g/mol. The first-order valence-corrected chi connectivity index (χ1v) is 5.84. The first kappa shape index (κ1) is 12.6. The van der Waals surface area contributed by atoms with E-state index in [1.165, 1.54) is 5.56 Å². The second-order valence-corrected chi connectivity index (χ2v) is 4.38. The van der Waals surface area contributed by atoms with Gasteiger partial charge in [-0.25, -0.2) is 0 Å². The first-order valence-electron chi connectivity index (χ1n) is 5.84. The number of rotatable bonds is 4. The van der Waals surface area contributed by atoms with Crippen LogP contribution in [0.3, 0.4) is 0 Å². The molecule has 0 bridgehead atoms. The van der Waals surface area contributed by atoms with Crippen LogP contribution in [0.5, 0.6) is 5.75 Å². The molecule has 0 aliphatic carbocycles. The normalized spacial score (nSPS) is 12.4. The number of hydrogen-bond donors (Lipinski definition) is 1. The second-order valence-electron chi connectivity index (χ2n) is 4.38. The van der Waals surface area contributed by atoms with E-state index < -0.39 is 0 Å². The van der Waals surface area contributed by atoms with Crippen LogP contribution in [0.2, 0.25) is 0 Å². The number of aryl methyl sites for hydroxylation is 2. The fraction of sp³-hybridized carbons (Fsp3) is 0.385. The van der Waals surface area contributed by atoms with Crippen LogP contribution in [-0.2, 0) is 6.61 Å². The van der Waals surface area contributed by atoms with Crippen LogP contribution in [0, 0.1) is 13.8 Å². The summed E-state index contributed by atoms with van der Waals surface area (Å²) in [6, 6.07) is 5.75. The van der Waals surface area contributed by atoms with E-state index in [1.54, 1.807) is 6.92 Å². The minimum absolute atomic E-state index is 0.254. The Morgan fingerprint density at radius 1 is 1.33 bits per heavy atom. The highest BCUT2D eigenvalue weighted by Crippen LogP contribution is 2.20. The molecule has 0 saturated heterocycles. The summed E-state index contributed by atoms with van der Waals surface area (Å²) in [7, 11) is 0. The van der Waals surface area contributed by atoms with Crippen LogP contribution in [0.15, 0.2) is 22.6 Å². The molecule has 18 heavy (non-hydrogen) atoms. The van der Waals surface area contributed by atoms with E-state index in [-0.39, 0.29) is 12.6 Å². The Hall–Kier alpha value is -1.88. The van der Waals surface area contributed by atoms with E-state index in [4.69, 9.17) is 14.9 Å². The molecule has 0 spiro atoms. The Morgan fingerprint density at radius 2 is 2.11 bits per heavy atom. The van der Waals surface area contributed by atoms with Crippen LogP contribution >= 0.6 is 0 Å². The molecule has 2 aromatic rings. The van der Waals surface area contributed by atoms with Gasteiger partial charge >= 0.3 is 0 Å². The van der Waals surface area contributed by atoms with Crippen LogP contribution in [0.4, 0.5) is 0 Å². The molecule has 1 aromatic carbocycles. The van der Waals surface area contributed by atoms with E-state index in [1.807, 2.05) is 26.0 Å². The van der Waals surface area contributed by atoms with E-state index in [0.29, 0.717) is 11.8 Å². The fourth-order valence-corrected chi connectivity index (χ4v) is 1.61. The van der Waals surface area contributed by atoms with E-state index in [9.17, 15) is 0 Å². The SMILES string of the molecule is Cc1ccc(OCc2nnc(C(C)N)o2)c(C)c1. The maximum Gasteiger partial charge on any atom is 0.253 e. The highest BCUT2D eigenvalue weighted by atomic mass is 16.5. The lowest BCUT2D eigenvalue weighted by molar-refractivity contribution is 0.255. The Labute approximate surface area is 106 Å². The highest BCUT2D eigenvalue weighted by Gasteiger charge is 2.10. The second kappa shape index (κ2) is 5.18. The number of nitrogens with two attached hydrogens (primary N) is 1. The first-order chi connectivity index (χ1) is 8.56. The third-order valence-electron chi connectivity index (χ3n) is 2.55. The van der Waals surface area contributed by atoms with Gasteiger partial charge in [0.25, 0.3) is 5.89 Å². The van der Waals surface area contributed by atoms with Crippen LogP contribution in [-0.4, -0.2) is 10.2 Å². The lowest BCUT2D eigenvalue weighted by atomic mass is 10.1. The van der Waals surface area contributed by atoms with Crippen LogP contribution in [0.25, 0.3) is 0 Å². The molecule has 0 saturated carbocycles. The summed E-state index contributed by atoms with van der Waals surface area (Å²) in [6.07, 6.45) is 0. The van der Waals surface area contributed by atoms with E-state index in [2.05, 4.69) is 16.3 Å². The summed E-state index contributed by atoms with van der Waals surface area (Å²) < 4.78 is 11.0. The van der Waals surface area contributed by atoms with Crippen molar-refractivity contribution in [2.75, 3.05) is 0 Å². The standard InChI is InChI=1S/C13H17N3O2/c1-8-4-5-11(9(2)6-8)17-7-12-15-16-13(18-12)10(3)14/h4-6,10H,7,14H2,1-3H3. The number of aromatic nitrogens is 2. The fourth-order valence-electron chi connectivity index (χ4n) is 1.61. The number of nitrogens with zero attached hydrogens (tertiary/aromatic N) is 2. The van der Waals surface area contributed by atoms with E-state index in [0.717, 1.165) is 11.3 Å². The van der Waals surface area contributed by atoms with Gasteiger partial charge in [-0.15, -0.1) is 10.2 Å². The highest BCUT2D eigenvalue weighted by molar-refractivity contribution is 5.35. The van der Waals surface area contributed by atoms with Crippen molar-refractivity contribution < 1.29 is 9.15 Å². The predicted octanol–water partition coefficient (Wildman–Crippen LogP) is 2.29. The maximum absolute atomic E-state index is 5.64. The largest absolute Gasteiger partial charge is 0.484 e. The van der Waals surface area contributed by atoms with Gasteiger partial charge in [0.2, 0.25) is 5.89 Å². The van der Waals surface area contributed by atoms with Crippen molar-refractivity contribution in [2.45, 2.75) is 33.4 Å². The Balaban J connectivity index is 2.02. The average Bonchev–Trinajstić information content (AvgIpc) is 2.76. The molecule has 1 heterocycles. The van der Waals surface area contributed by atoms with Gasteiger partial charge in [-0.05, 0) is 32.4 Å². The van der Waals surface area contributed by atoms with Crippen molar-refractivity contribution in [2.24, 2.45) is 5.73 Å². The van der Waals surface area contributed by atoms with Crippen molar-refractivity contribution in [3.8, 4) is 5.75 Å². The van der Waals surface area contributed by atoms with Crippen LogP contribution in [0.1, 0.15) is 35.9 Å². The van der Waals surface area contributed by atoms with Crippen molar-refractivity contribution in [1.82, 2.24) is 10.2 Å². The molecule has 1 atom stereocenters. The van der Waals surface area contributed by atoms with Gasteiger partial charge in [0.05, 0.1) is 6.04 Å². The molecule has 5 heteroatoms. The number of hydrogen-bond acceptors (Lipinski definition) is 5. The molecule has 2 rings (SSSR count). The van der Waals surface area contributed by atoms with Crippen molar-refractivity contribution in [1.29, 1.82) is 0 Å². The Kier molecular flexibility index (Phi) is 3.62. The minimum atomic E-state index is -0.257. The van der Waals surface area contributed by atoms with Gasteiger partial charge in [-0.1, -0.05) is 17.7 Å². The maximum atomic E-state index is 5.64. The molecule has 0 radical (unpaired) electrons. The summed E-state index contributed by atoms with van der Waals surface area (Å²) in [5.74, 6) is 1.68. The molecule has 0 amide bonds. The summed E-state index contributed by atoms with van der Waals surface area (Å²) in [6.45, 7) is 6.10. The quantitative estimate of drug-likeness (QED) is 0.897. The van der Waals surface area contributed by atoms with Crippen molar-refractivity contribution in [3.05, 3.63) is 41.1 Å². The number of benzene rings is 1. The minimum Gasteiger partial charge on any atom is -0.484 e. The lowest BCUT2D eigenvalue weighted by Gasteiger charge is -2.07. The van der Waals surface area contributed by atoms with Gasteiger partial charge in [0, 0.05) is 0 Å². The Bertz CT molecular complexity index is 535. The molecule has 0 fully saturated rings. The van der Waals surface area contributed by atoms with Crippen molar-refractivity contribution >= 4 is 0 Å². The predicted molar refractivity (Wildman–Crippen MR) is 67.1 cm³/mol. The zero-order valence-electron chi connectivity index (χ0n) is 10.8. The molecular formula is C13H17N3O2. The monoisotopic (exact) mass is 247 g/mol. The zero-order chi connectivity index (χ0) is 13.1. The van der Waals surface area contributed by atoms with Crippen molar-refractivity contribution in [3.63, 3.8) is 0 Å². The molecule has 1 unspecified atom stereocenters. The summed E-state index contributed by atoms with van der Waals surface area (Å²) in [5.41, 5.74) is 7.93. The molecule has 0 aliphatic rings. The molecule has 5 nitrogen and oxygen atoms in total. The summed E-state index contributed by atoms with van der Waals surface area (Å²) >= 11 is 0. The molecule has 96 valence electrons. The Morgan fingerprint density at radius 3 is 2.72 bits per heavy atom. The van der Waals surface area contributed by atoms with Gasteiger partial charge in [0.15, 0.2) is 6.61 Å². The third kappa shape index (κ3) is 2.87. The third-order valence-corrected chi connectivity index (χ3v) is 2.55. The summed E-state index contributed by atoms with van der Waals surface area (Å²) in [4.78, 5) is 0. The smallest absolute Gasteiger partial charge is 0.253 e. The molecule has 2 N–H and O–H groups in total. The molecule has 1 aromatic heterocycles. The van der Waals surface area contributed by atoms with Crippen LogP contribution < -0.4 is 10.5 Å². The van der Waals surface area contributed by atoms with Gasteiger partial charge in [-0.3, -0.25) is 0 Å². The van der Waals surface area contributed by atoms with E-state index >= 15 is 0 Å². The number of ether oxygens (including phenoxy) is 1. The summed E-state index contributed by atoms with van der Waals surface area (Å²) in [5, 5.41) is 7.72. The zero-order valence-corrected chi connectivity index (χ0v) is 10.8. The van der Waals surface area contributed by atoms with Gasteiger partial charge in [-0.2, -0.15) is 0 Å².